The van der Waals surface area contributed by atoms with Crippen LogP contribution in [-0.2, 0) is 9.53 Å². The fraction of sp³-hybridized carbons (Fsp3) is 0.529. The Hall–Kier alpha value is -2.28. The van der Waals surface area contributed by atoms with Gasteiger partial charge >= 0.3 is 6.09 Å². The Morgan fingerprint density at radius 3 is 2.88 bits per heavy atom. The van der Waals surface area contributed by atoms with Crippen LogP contribution in [0.3, 0.4) is 0 Å². The zero-order valence-corrected chi connectivity index (χ0v) is 13.6. The first-order chi connectivity index (χ1) is 11.6. The molecule has 3 aliphatic rings. The molecule has 0 aromatic heterocycles. The van der Waals surface area contributed by atoms with E-state index in [4.69, 9.17) is 15.2 Å². The summed E-state index contributed by atoms with van der Waals surface area (Å²) in [6.07, 6.45) is 0.468. The quantitative estimate of drug-likeness (QED) is 0.891. The van der Waals surface area contributed by atoms with Crippen molar-refractivity contribution in [1.82, 2.24) is 0 Å². The van der Waals surface area contributed by atoms with Gasteiger partial charge in [-0.1, -0.05) is 0 Å². The molecule has 1 aliphatic carbocycles. The summed E-state index contributed by atoms with van der Waals surface area (Å²) < 4.78 is 11.1. The number of fused-ring (bicyclic) bond motifs is 1. The topological polar surface area (TPSA) is 85.1 Å². The summed E-state index contributed by atoms with van der Waals surface area (Å²) in [6, 6.07) is 5.11. The normalized spacial score (nSPS) is 26.0. The summed E-state index contributed by atoms with van der Waals surface area (Å²) in [5.74, 6) is 0.745. The van der Waals surface area contributed by atoms with Crippen molar-refractivity contribution in [2.75, 3.05) is 36.5 Å². The molecule has 1 aromatic rings. The molecule has 2 fully saturated rings. The maximum absolute atomic E-state index is 12.4. The number of hydrogen-bond donors (Lipinski definition) is 1. The molecule has 7 nitrogen and oxygen atoms in total. The monoisotopic (exact) mass is 331 g/mol. The highest BCUT2D eigenvalue weighted by atomic mass is 16.6. The van der Waals surface area contributed by atoms with E-state index in [2.05, 4.69) is 4.90 Å². The molecule has 0 bridgehead atoms. The number of anilines is 2. The SMILES string of the molecule is CN1CCOc2cc(N3C(=O)O[C@H](C(=O)C4CC4)C3CN)ccc21. The van der Waals surface area contributed by atoms with E-state index in [-0.39, 0.29) is 18.2 Å². The average molecular weight is 331 g/mol. The minimum Gasteiger partial charge on any atom is -0.489 e. The van der Waals surface area contributed by atoms with Crippen LogP contribution in [0.1, 0.15) is 12.8 Å². The lowest BCUT2D eigenvalue weighted by atomic mass is 10.0. The van der Waals surface area contributed by atoms with Gasteiger partial charge in [0.15, 0.2) is 11.9 Å². The largest absolute Gasteiger partial charge is 0.489 e. The van der Waals surface area contributed by atoms with Crippen molar-refractivity contribution < 1.29 is 19.1 Å². The second kappa shape index (κ2) is 5.66. The maximum atomic E-state index is 12.4. The van der Waals surface area contributed by atoms with Crippen molar-refractivity contribution in [1.29, 1.82) is 0 Å². The predicted octanol–water partition coefficient (Wildman–Crippen LogP) is 1.15. The second-order valence-corrected chi connectivity index (χ2v) is 6.58. The van der Waals surface area contributed by atoms with Crippen molar-refractivity contribution in [2.45, 2.75) is 25.0 Å². The van der Waals surface area contributed by atoms with E-state index in [0.717, 1.165) is 30.8 Å². The van der Waals surface area contributed by atoms with E-state index in [9.17, 15) is 9.59 Å². The number of carbonyl (C=O) groups excluding carboxylic acids is 2. The summed E-state index contributed by atoms with van der Waals surface area (Å²) in [5, 5.41) is 0. The molecule has 128 valence electrons. The lowest BCUT2D eigenvalue weighted by molar-refractivity contribution is -0.127. The van der Waals surface area contributed by atoms with Crippen LogP contribution in [0, 0.1) is 5.92 Å². The summed E-state index contributed by atoms with van der Waals surface area (Å²) in [7, 11) is 2.00. The van der Waals surface area contributed by atoms with Gasteiger partial charge in [0.1, 0.15) is 12.4 Å². The van der Waals surface area contributed by atoms with Crippen LogP contribution in [0.25, 0.3) is 0 Å². The van der Waals surface area contributed by atoms with Gasteiger partial charge in [-0.15, -0.1) is 0 Å². The summed E-state index contributed by atoms with van der Waals surface area (Å²) >= 11 is 0. The summed E-state index contributed by atoms with van der Waals surface area (Å²) in [6.45, 7) is 1.59. The van der Waals surface area contributed by atoms with E-state index in [1.165, 1.54) is 4.90 Å². The Labute approximate surface area is 140 Å². The Bertz CT molecular complexity index is 688. The molecule has 24 heavy (non-hydrogen) atoms. The predicted molar refractivity (Wildman–Crippen MR) is 88.5 cm³/mol. The number of nitrogens with two attached hydrogens (primary N) is 1. The molecule has 1 aromatic carbocycles. The molecule has 0 radical (unpaired) electrons. The highest BCUT2D eigenvalue weighted by Gasteiger charge is 2.49. The lowest BCUT2D eigenvalue weighted by Gasteiger charge is -2.29. The third-order valence-corrected chi connectivity index (χ3v) is 4.92. The number of nitrogens with zero attached hydrogens (tertiary/aromatic N) is 2. The lowest BCUT2D eigenvalue weighted by Crippen LogP contribution is -2.45. The third-order valence-electron chi connectivity index (χ3n) is 4.92. The number of ketones is 1. The number of hydrogen-bond acceptors (Lipinski definition) is 6. The van der Waals surface area contributed by atoms with Gasteiger partial charge in [-0.2, -0.15) is 0 Å². The highest BCUT2D eigenvalue weighted by Crippen LogP contribution is 2.39. The molecular weight excluding hydrogens is 310 g/mol. The average Bonchev–Trinajstić information content (AvgIpc) is 3.37. The zero-order valence-electron chi connectivity index (χ0n) is 13.6. The maximum Gasteiger partial charge on any atom is 0.415 e. The molecule has 2 heterocycles. The first kappa shape index (κ1) is 15.3. The molecule has 0 spiro atoms. The van der Waals surface area contributed by atoms with Crippen molar-refractivity contribution in [2.24, 2.45) is 11.7 Å². The molecule has 2 N–H and O–H groups in total. The van der Waals surface area contributed by atoms with E-state index >= 15 is 0 Å². The molecule has 2 atom stereocenters. The summed E-state index contributed by atoms with van der Waals surface area (Å²) in [5.41, 5.74) is 7.49. The van der Waals surface area contributed by atoms with Crippen LogP contribution in [0.5, 0.6) is 5.75 Å². The first-order valence-corrected chi connectivity index (χ1v) is 8.32. The van der Waals surface area contributed by atoms with Gasteiger partial charge in [0.2, 0.25) is 0 Å². The smallest absolute Gasteiger partial charge is 0.415 e. The van der Waals surface area contributed by atoms with Crippen molar-refractivity contribution >= 4 is 23.3 Å². The van der Waals surface area contributed by atoms with Crippen molar-refractivity contribution in [3.8, 4) is 5.75 Å². The van der Waals surface area contributed by atoms with Gasteiger partial charge in [0.05, 0.1) is 24.0 Å². The van der Waals surface area contributed by atoms with Crippen LogP contribution < -0.4 is 20.3 Å². The number of likely N-dealkylation sites (N-methyl/N-ethyl adjacent to an activating group) is 1. The zero-order chi connectivity index (χ0) is 16.8. The van der Waals surface area contributed by atoms with Gasteiger partial charge in [0.25, 0.3) is 0 Å². The fourth-order valence-corrected chi connectivity index (χ4v) is 3.39. The first-order valence-electron chi connectivity index (χ1n) is 8.32. The van der Waals surface area contributed by atoms with E-state index in [1.54, 1.807) is 0 Å². The van der Waals surface area contributed by atoms with E-state index in [0.29, 0.717) is 12.3 Å². The van der Waals surface area contributed by atoms with Gasteiger partial charge < -0.3 is 20.1 Å². The number of cyclic esters (lactones) is 1. The minimum absolute atomic E-state index is 0.00440. The number of ether oxygens (including phenoxy) is 2. The van der Waals surface area contributed by atoms with Crippen molar-refractivity contribution in [3.05, 3.63) is 18.2 Å². The number of benzene rings is 1. The standard InChI is InChI=1S/C17H21N3O4/c1-19-6-7-23-14-8-11(4-5-12(14)19)20-13(9-18)16(24-17(20)22)15(21)10-2-3-10/h4-5,8,10,13,16H,2-3,6-7,9,18H2,1H3/t13?,16-/m0/s1. The molecule has 1 saturated heterocycles. The number of Topliss-reactive ketones (excluding diaryl/α,β-unsaturated/α-hetero) is 1. The van der Waals surface area contributed by atoms with Crippen LogP contribution in [-0.4, -0.2) is 50.8 Å². The van der Waals surface area contributed by atoms with E-state index in [1.807, 2.05) is 25.2 Å². The van der Waals surface area contributed by atoms with Gasteiger partial charge in [-0.25, -0.2) is 4.79 Å². The van der Waals surface area contributed by atoms with Crippen LogP contribution >= 0.6 is 0 Å². The Morgan fingerprint density at radius 1 is 1.38 bits per heavy atom. The molecule has 2 aliphatic heterocycles. The fourth-order valence-electron chi connectivity index (χ4n) is 3.39. The Balaban J connectivity index is 1.65. The number of amides is 1. The van der Waals surface area contributed by atoms with Gasteiger partial charge in [-0.05, 0) is 25.0 Å². The molecule has 1 unspecified atom stereocenters. The molecular formula is C17H21N3O4. The van der Waals surface area contributed by atoms with Crippen LogP contribution in [0.4, 0.5) is 16.2 Å². The summed E-state index contributed by atoms with van der Waals surface area (Å²) in [4.78, 5) is 28.4. The Kier molecular flexibility index (Phi) is 3.60. The van der Waals surface area contributed by atoms with Crippen LogP contribution in [0.2, 0.25) is 0 Å². The third kappa shape index (κ3) is 2.39. The van der Waals surface area contributed by atoms with E-state index < -0.39 is 18.2 Å². The van der Waals surface area contributed by atoms with Crippen molar-refractivity contribution in [3.63, 3.8) is 0 Å². The molecule has 1 saturated carbocycles. The van der Waals surface area contributed by atoms with Gasteiger partial charge in [-0.3, -0.25) is 9.69 Å². The molecule has 7 heteroatoms. The number of carbonyl (C=O) groups is 2. The second-order valence-electron chi connectivity index (χ2n) is 6.58. The molecule has 1 amide bonds. The Morgan fingerprint density at radius 2 is 2.17 bits per heavy atom. The van der Waals surface area contributed by atoms with Crippen LogP contribution in [0.15, 0.2) is 18.2 Å². The number of rotatable bonds is 4. The molecule has 4 rings (SSSR count). The minimum atomic E-state index is -0.769. The highest BCUT2D eigenvalue weighted by molar-refractivity contribution is 5.99. The van der Waals surface area contributed by atoms with Gasteiger partial charge in [0, 0.05) is 25.6 Å².